The van der Waals surface area contributed by atoms with E-state index in [2.05, 4.69) is 37.8 Å². The van der Waals surface area contributed by atoms with Crippen molar-refractivity contribution >= 4 is 8.07 Å². The number of allylic oxidation sites excluding steroid dienone is 2. The Bertz CT molecular complexity index is 213. The number of likely N-dealkylation sites (tertiary alicyclic amines) is 1. The Morgan fingerprint density at radius 2 is 1.65 bits per heavy atom. The quantitative estimate of drug-likeness (QED) is 0.456. The van der Waals surface area contributed by atoms with Crippen LogP contribution >= 0.6 is 0 Å². The minimum Gasteiger partial charge on any atom is -0.306 e. The van der Waals surface area contributed by atoms with Crippen LogP contribution in [0.3, 0.4) is 0 Å². The summed E-state index contributed by atoms with van der Waals surface area (Å²) in [5.74, 6) is 0. The number of hydrogen-bond acceptors (Lipinski definition) is 1. The van der Waals surface area contributed by atoms with E-state index in [-0.39, 0.29) is 0 Å². The van der Waals surface area contributed by atoms with Gasteiger partial charge in [-0.2, -0.15) is 0 Å². The third-order valence-corrected chi connectivity index (χ3v) is 9.45. The fourth-order valence-electron chi connectivity index (χ4n) is 3.40. The fourth-order valence-corrected chi connectivity index (χ4v) is 8.62. The van der Waals surface area contributed by atoms with Gasteiger partial charge in [0.15, 0.2) is 0 Å². The van der Waals surface area contributed by atoms with Gasteiger partial charge in [-0.25, -0.2) is 0 Å². The van der Waals surface area contributed by atoms with Crippen molar-refractivity contribution in [1.82, 2.24) is 4.90 Å². The summed E-state index contributed by atoms with van der Waals surface area (Å²) in [6.07, 6.45) is 11.8. The molecule has 0 atom stereocenters. The lowest BCUT2D eigenvalue weighted by Crippen LogP contribution is -2.46. The van der Waals surface area contributed by atoms with Crippen LogP contribution in [0.15, 0.2) is 12.2 Å². The third-order valence-electron chi connectivity index (χ3n) is 4.10. The maximum Gasteiger partial charge on any atom is 0.0727 e. The monoisotopic (exact) mass is 253 g/mol. The van der Waals surface area contributed by atoms with E-state index in [9.17, 15) is 0 Å². The molecular weight excluding hydrogens is 222 g/mol. The molecule has 0 aliphatic carbocycles. The van der Waals surface area contributed by atoms with Crippen molar-refractivity contribution in [3.8, 4) is 0 Å². The summed E-state index contributed by atoms with van der Waals surface area (Å²) in [5.41, 5.74) is 0. The highest BCUT2D eigenvalue weighted by molar-refractivity contribution is 6.80. The zero-order chi connectivity index (χ0) is 12.6. The molecule has 1 aliphatic rings. The zero-order valence-electron chi connectivity index (χ0n) is 12.2. The van der Waals surface area contributed by atoms with E-state index in [0.717, 1.165) is 0 Å². The first-order valence-corrected chi connectivity index (χ1v) is 10.4. The van der Waals surface area contributed by atoms with Crippen LogP contribution in [-0.4, -0.2) is 32.2 Å². The van der Waals surface area contributed by atoms with Crippen LogP contribution in [0.25, 0.3) is 0 Å². The fraction of sp³-hybridized carbons (Fsp3) is 0.867. The second-order valence-corrected chi connectivity index (χ2v) is 10.5. The van der Waals surface area contributed by atoms with Crippen molar-refractivity contribution in [2.45, 2.75) is 64.6 Å². The third kappa shape index (κ3) is 4.97. The van der Waals surface area contributed by atoms with Crippen LogP contribution in [0.1, 0.15) is 46.5 Å². The molecule has 1 aliphatic heterocycles. The highest BCUT2D eigenvalue weighted by Crippen LogP contribution is 2.27. The predicted octanol–water partition coefficient (Wildman–Crippen LogP) is 4.47. The lowest BCUT2D eigenvalue weighted by atomic mass is 10.4. The van der Waals surface area contributed by atoms with E-state index in [1.807, 2.05) is 0 Å². The van der Waals surface area contributed by atoms with Crippen molar-refractivity contribution in [3.63, 3.8) is 0 Å². The average Bonchev–Trinajstić information content (AvgIpc) is 2.80. The largest absolute Gasteiger partial charge is 0.306 e. The SMILES string of the molecule is C/C=C/C[Si](CCC)(CCC)CN1CCCC1. The second-order valence-electron chi connectivity index (χ2n) is 5.76. The van der Waals surface area contributed by atoms with Gasteiger partial charge in [0.1, 0.15) is 0 Å². The van der Waals surface area contributed by atoms with Gasteiger partial charge in [0.05, 0.1) is 8.07 Å². The Labute approximate surface area is 109 Å². The van der Waals surface area contributed by atoms with Gasteiger partial charge in [-0.05, 0) is 45.1 Å². The highest BCUT2D eigenvalue weighted by atomic mass is 28.3. The molecule has 0 aromatic heterocycles. The van der Waals surface area contributed by atoms with Crippen molar-refractivity contribution in [2.24, 2.45) is 0 Å². The molecule has 0 amide bonds. The zero-order valence-corrected chi connectivity index (χ0v) is 13.2. The van der Waals surface area contributed by atoms with Crippen LogP contribution in [0.4, 0.5) is 0 Å². The molecule has 0 bridgehead atoms. The minimum absolute atomic E-state index is 1.04. The summed E-state index contributed by atoms with van der Waals surface area (Å²) < 4.78 is 0. The van der Waals surface area contributed by atoms with Gasteiger partial charge in [0.25, 0.3) is 0 Å². The molecule has 0 unspecified atom stereocenters. The molecule has 0 N–H and O–H groups in total. The van der Waals surface area contributed by atoms with Gasteiger partial charge in [-0.15, -0.1) is 0 Å². The van der Waals surface area contributed by atoms with Crippen molar-refractivity contribution in [2.75, 3.05) is 19.3 Å². The van der Waals surface area contributed by atoms with E-state index in [1.54, 1.807) is 0 Å². The summed E-state index contributed by atoms with van der Waals surface area (Å²) in [5, 5.41) is 0. The van der Waals surface area contributed by atoms with Crippen LogP contribution in [0, 0.1) is 0 Å². The van der Waals surface area contributed by atoms with Crippen molar-refractivity contribution in [3.05, 3.63) is 12.2 Å². The molecule has 1 rings (SSSR count). The maximum atomic E-state index is 2.76. The van der Waals surface area contributed by atoms with E-state index in [4.69, 9.17) is 0 Å². The van der Waals surface area contributed by atoms with Crippen molar-refractivity contribution < 1.29 is 0 Å². The molecule has 0 aromatic carbocycles. The highest BCUT2D eigenvalue weighted by Gasteiger charge is 2.32. The maximum absolute atomic E-state index is 2.76. The Hall–Kier alpha value is -0.0831. The summed E-state index contributed by atoms with van der Waals surface area (Å²) in [7, 11) is -1.04. The van der Waals surface area contributed by atoms with Crippen molar-refractivity contribution in [1.29, 1.82) is 0 Å². The standard InChI is InChI=1S/C15H31NSi/c1-4-7-14-17(12-5-2,13-6-3)15-16-10-8-9-11-16/h4,7H,5-6,8-15H2,1-3H3/b7-4+. The first kappa shape index (κ1) is 15.0. The minimum atomic E-state index is -1.04. The smallest absolute Gasteiger partial charge is 0.0727 e. The summed E-state index contributed by atoms with van der Waals surface area (Å²) in [4.78, 5) is 2.76. The molecule has 0 aromatic rings. The van der Waals surface area contributed by atoms with E-state index >= 15 is 0 Å². The van der Waals surface area contributed by atoms with Gasteiger partial charge in [0, 0.05) is 0 Å². The lowest BCUT2D eigenvalue weighted by Gasteiger charge is -2.34. The van der Waals surface area contributed by atoms with Crippen LogP contribution < -0.4 is 0 Å². The van der Waals surface area contributed by atoms with Gasteiger partial charge in [-0.1, -0.05) is 50.9 Å². The molecular formula is C15H31NSi. The van der Waals surface area contributed by atoms with Gasteiger partial charge < -0.3 is 4.90 Å². The molecule has 0 spiro atoms. The molecule has 100 valence electrons. The molecule has 0 radical (unpaired) electrons. The topological polar surface area (TPSA) is 3.24 Å². The van der Waals surface area contributed by atoms with Gasteiger partial charge >= 0.3 is 0 Å². The summed E-state index contributed by atoms with van der Waals surface area (Å²) in [6.45, 7) is 9.66. The van der Waals surface area contributed by atoms with Gasteiger partial charge in [0.2, 0.25) is 0 Å². The van der Waals surface area contributed by atoms with E-state index in [1.165, 1.54) is 63.1 Å². The summed E-state index contributed by atoms with van der Waals surface area (Å²) >= 11 is 0. The Morgan fingerprint density at radius 1 is 1.06 bits per heavy atom. The molecule has 1 heterocycles. The number of hydrogen-bond donors (Lipinski definition) is 0. The normalized spacial score (nSPS) is 18.3. The molecule has 1 nitrogen and oxygen atoms in total. The van der Waals surface area contributed by atoms with Crippen LogP contribution in [0.5, 0.6) is 0 Å². The van der Waals surface area contributed by atoms with E-state index < -0.39 is 8.07 Å². The lowest BCUT2D eigenvalue weighted by molar-refractivity contribution is 0.386. The average molecular weight is 254 g/mol. The molecule has 2 heteroatoms. The van der Waals surface area contributed by atoms with Gasteiger partial charge in [-0.3, -0.25) is 0 Å². The van der Waals surface area contributed by atoms with E-state index in [0.29, 0.717) is 0 Å². The molecule has 17 heavy (non-hydrogen) atoms. The molecule has 1 saturated heterocycles. The Kier molecular flexibility index (Phi) is 7.13. The number of rotatable bonds is 8. The first-order valence-electron chi connectivity index (χ1n) is 7.60. The first-order chi connectivity index (χ1) is 8.26. The van der Waals surface area contributed by atoms with Crippen LogP contribution in [-0.2, 0) is 0 Å². The summed E-state index contributed by atoms with van der Waals surface area (Å²) in [6, 6.07) is 4.48. The molecule has 0 saturated carbocycles. The predicted molar refractivity (Wildman–Crippen MR) is 81.2 cm³/mol. The molecule has 1 fully saturated rings. The number of nitrogens with zero attached hydrogens (tertiary/aromatic N) is 1. The Balaban J connectivity index is 2.63. The Morgan fingerprint density at radius 3 is 2.12 bits per heavy atom. The second kappa shape index (κ2) is 8.10. The van der Waals surface area contributed by atoms with Crippen LogP contribution in [0.2, 0.25) is 18.1 Å².